The largest absolute Gasteiger partial charge is 0.507 e. The minimum atomic E-state index is -1.03. The van der Waals surface area contributed by atoms with Gasteiger partial charge in [0, 0.05) is 5.56 Å². The Bertz CT molecular complexity index is 1600. The van der Waals surface area contributed by atoms with Gasteiger partial charge in [-0.1, -0.05) is 17.4 Å². The second-order valence-corrected chi connectivity index (χ2v) is 9.83. The molecule has 1 aliphatic rings. The van der Waals surface area contributed by atoms with E-state index in [1.807, 2.05) is 25.1 Å². The Labute approximate surface area is 228 Å². The van der Waals surface area contributed by atoms with Gasteiger partial charge in [-0.05, 0) is 66.6 Å². The van der Waals surface area contributed by atoms with Crippen LogP contribution in [0.4, 0.5) is 5.13 Å². The number of anilines is 1. The predicted octanol–water partition coefficient (Wildman–Crippen LogP) is 5.27. The molecule has 1 aromatic heterocycles. The predicted molar refractivity (Wildman–Crippen MR) is 148 cm³/mol. The number of thiazole rings is 1. The highest BCUT2D eigenvalue weighted by Crippen LogP contribution is 2.48. The quantitative estimate of drug-likeness (QED) is 0.190. The maximum Gasteiger partial charge on any atom is 0.301 e. The van der Waals surface area contributed by atoms with Crippen LogP contribution in [0.3, 0.4) is 0 Å². The van der Waals surface area contributed by atoms with E-state index in [1.165, 1.54) is 44.7 Å². The summed E-state index contributed by atoms with van der Waals surface area (Å²) in [6.07, 6.45) is 0. The minimum absolute atomic E-state index is 0.0881. The van der Waals surface area contributed by atoms with Crippen molar-refractivity contribution in [3.05, 3.63) is 76.9 Å². The van der Waals surface area contributed by atoms with E-state index in [1.54, 1.807) is 36.4 Å². The highest BCUT2D eigenvalue weighted by atomic mass is 32.1. The van der Waals surface area contributed by atoms with Crippen molar-refractivity contribution in [1.82, 2.24) is 4.98 Å². The number of Topliss-reactive ketones (excluding diaryl/α,β-unsaturated/α-hetero) is 1. The molecular formula is C29H26N2O7S. The van der Waals surface area contributed by atoms with Crippen LogP contribution in [0.1, 0.15) is 22.7 Å². The summed E-state index contributed by atoms with van der Waals surface area (Å²) in [5.74, 6) is -0.362. The van der Waals surface area contributed by atoms with Gasteiger partial charge >= 0.3 is 5.91 Å². The molecule has 3 aromatic carbocycles. The second-order valence-electron chi connectivity index (χ2n) is 8.82. The van der Waals surface area contributed by atoms with Crippen LogP contribution in [0.2, 0.25) is 0 Å². The standard InChI is InChI=1S/C29H26N2O7S/c1-15-6-11-19-22(12-15)39-29(30-19)31-24(17-13-20(36-3)27(38-5)21(14-17)37-4)23(26(33)28(31)34)25(32)16-7-9-18(35-2)10-8-16/h6-14,24,32H,1-5H3/b25-23+/t24-/m0/s1. The van der Waals surface area contributed by atoms with E-state index >= 15 is 0 Å². The fourth-order valence-electron chi connectivity index (χ4n) is 4.63. The first-order valence-corrected chi connectivity index (χ1v) is 12.8. The molecule has 1 amide bonds. The maximum atomic E-state index is 13.6. The molecule has 4 aromatic rings. The summed E-state index contributed by atoms with van der Waals surface area (Å²) < 4.78 is 22.6. The number of ether oxygens (including phenoxy) is 4. The average Bonchev–Trinajstić information content (AvgIpc) is 3.49. The number of carbonyl (C=O) groups is 2. The topological polar surface area (TPSA) is 107 Å². The number of rotatable bonds is 7. The number of amides is 1. The lowest BCUT2D eigenvalue weighted by molar-refractivity contribution is -0.132. The molecule has 1 aliphatic heterocycles. The number of aryl methyl sites for hydroxylation is 1. The van der Waals surface area contributed by atoms with Crippen molar-refractivity contribution in [2.75, 3.05) is 33.3 Å². The number of aliphatic hydroxyl groups excluding tert-OH is 1. The summed E-state index contributed by atoms with van der Waals surface area (Å²) >= 11 is 1.29. The molecule has 0 unspecified atom stereocenters. The van der Waals surface area contributed by atoms with Gasteiger partial charge in [0.2, 0.25) is 5.75 Å². The number of methoxy groups -OCH3 is 4. The van der Waals surface area contributed by atoms with E-state index in [0.717, 1.165) is 10.3 Å². The number of hydrogen-bond donors (Lipinski definition) is 1. The van der Waals surface area contributed by atoms with E-state index < -0.39 is 17.7 Å². The van der Waals surface area contributed by atoms with Gasteiger partial charge in [-0.3, -0.25) is 14.5 Å². The van der Waals surface area contributed by atoms with Gasteiger partial charge in [-0.25, -0.2) is 4.98 Å². The number of fused-ring (bicyclic) bond motifs is 1. The maximum absolute atomic E-state index is 13.6. The van der Waals surface area contributed by atoms with Gasteiger partial charge in [-0.2, -0.15) is 0 Å². The Morgan fingerprint density at radius 2 is 1.56 bits per heavy atom. The first kappa shape index (κ1) is 26.1. The van der Waals surface area contributed by atoms with Crippen LogP contribution in [0.5, 0.6) is 23.0 Å². The lowest BCUT2D eigenvalue weighted by Gasteiger charge is -2.24. The van der Waals surface area contributed by atoms with Crippen LogP contribution in [-0.2, 0) is 9.59 Å². The van der Waals surface area contributed by atoms with E-state index in [9.17, 15) is 14.7 Å². The van der Waals surface area contributed by atoms with Crippen molar-refractivity contribution in [3.63, 3.8) is 0 Å². The van der Waals surface area contributed by atoms with E-state index in [-0.39, 0.29) is 11.3 Å². The Kier molecular flexibility index (Phi) is 6.88. The van der Waals surface area contributed by atoms with Crippen molar-refractivity contribution in [1.29, 1.82) is 0 Å². The molecule has 0 bridgehead atoms. The van der Waals surface area contributed by atoms with Gasteiger partial charge in [0.1, 0.15) is 11.5 Å². The van der Waals surface area contributed by atoms with Crippen LogP contribution >= 0.6 is 11.3 Å². The van der Waals surface area contributed by atoms with E-state index in [0.29, 0.717) is 44.8 Å². The van der Waals surface area contributed by atoms with Crippen LogP contribution in [0.15, 0.2) is 60.2 Å². The Morgan fingerprint density at radius 3 is 2.15 bits per heavy atom. The SMILES string of the molecule is COc1ccc(/C(O)=C2\C(=O)C(=O)N(c3nc4ccc(C)cc4s3)[C@H]2c2cc(OC)c(OC)c(OC)c2)cc1. The number of benzene rings is 3. The fraction of sp³-hybridized carbons (Fsp3) is 0.207. The summed E-state index contributed by atoms with van der Waals surface area (Å²) in [4.78, 5) is 33.2. The number of hydrogen-bond acceptors (Lipinski definition) is 9. The molecule has 39 heavy (non-hydrogen) atoms. The van der Waals surface area contributed by atoms with E-state index in [4.69, 9.17) is 18.9 Å². The molecule has 1 fully saturated rings. The fourth-order valence-corrected chi connectivity index (χ4v) is 5.72. The Morgan fingerprint density at radius 1 is 0.897 bits per heavy atom. The van der Waals surface area contributed by atoms with Gasteiger partial charge in [0.15, 0.2) is 16.6 Å². The molecule has 1 N–H and O–H groups in total. The number of ketones is 1. The summed E-state index contributed by atoms with van der Waals surface area (Å²) in [6.45, 7) is 1.97. The third kappa shape index (κ3) is 4.42. The molecule has 10 heteroatoms. The van der Waals surface area contributed by atoms with Crippen LogP contribution < -0.4 is 23.8 Å². The van der Waals surface area contributed by atoms with Crippen molar-refractivity contribution < 1.29 is 33.6 Å². The first-order valence-electron chi connectivity index (χ1n) is 11.9. The summed E-state index contributed by atoms with van der Waals surface area (Å²) in [6, 6.07) is 14.6. The number of aromatic nitrogens is 1. The lowest BCUT2D eigenvalue weighted by atomic mass is 9.94. The molecule has 0 saturated carbocycles. The molecule has 9 nitrogen and oxygen atoms in total. The zero-order chi connectivity index (χ0) is 27.8. The molecule has 200 valence electrons. The first-order chi connectivity index (χ1) is 18.8. The molecular weight excluding hydrogens is 520 g/mol. The number of carbonyl (C=O) groups excluding carboxylic acids is 2. The van der Waals surface area contributed by atoms with Crippen molar-refractivity contribution >= 4 is 44.1 Å². The second kappa shape index (κ2) is 10.3. The Hall–Kier alpha value is -4.57. The van der Waals surface area contributed by atoms with Gasteiger partial charge < -0.3 is 24.1 Å². The monoisotopic (exact) mass is 546 g/mol. The molecule has 0 radical (unpaired) electrons. The van der Waals surface area contributed by atoms with Crippen LogP contribution in [0, 0.1) is 6.92 Å². The summed E-state index contributed by atoms with van der Waals surface area (Å²) in [7, 11) is 5.97. The van der Waals surface area contributed by atoms with Gasteiger partial charge in [0.05, 0.1) is 50.3 Å². The highest BCUT2D eigenvalue weighted by Gasteiger charge is 2.48. The minimum Gasteiger partial charge on any atom is -0.507 e. The Balaban J connectivity index is 1.77. The van der Waals surface area contributed by atoms with Crippen LogP contribution in [-0.4, -0.2) is 50.2 Å². The number of aliphatic hydroxyl groups is 1. The zero-order valence-electron chi connectivity index (χ0n) is 22.0. The average molecular weight is 547 g/mol. The highest BCUT2D eigenvalue weighted by molar-refractivity contribution is 7.22. The van der Waals surface area contributed by atoms with Crippen molar-refractivity contribution in [2.45, 2.75) is 13.0 Å². The molecule has 2 heterocycles. The van der Waals surface area contributed by atoms with E-state index in [2.05, 4.69) is 4.98 Å². The third-order valence-corrected chi connectivity index (χ3v) is 7.57. The lowest BCUT2D eigenvalue weighted by Crippen LogP contribution is -2.29. The third-order valence-electron chi connectivity index (χ3n) is 6.55. The molecule has 1 atom stereocenters. The molecule has 0 spiro atoms. The molecule has 5 rings (SSSR count). The van der Waals surface area contributed by atoms with Gasteiger partial charge in [-0.15, -0.1) is 0 Å². The van der Waals surface area contributed by atoms with Gasteiger partial charge in [0.25, 0.3) is 5.78 Å². The van der Waals surface area contributed by atoms with Crippen molar-refractivity contribution in [3.8, 4) is 23.0 Å². The number of nitrogens with zero attached hydrogens (tertiary/aromatic N) is 2. The van der Waals surface area contributed by atoms with Crippen molar-refractivity contribution in [2.24, 2.45) is 0 Å². The zero-order valence-corrected chi connectivity index (χ0v) is 22.8. The molecule has 1 saturated heterocycles. The van der Waals surface area contributed by atoms with Crippen LogP contribution in [0.25, 0.3) is 16.0 Å². The summed E-state index contributed by atoms with van der Waals surface area (Å²) in [5, 5.41) is 11.8. The smallest absolute Gasteiger partial charge is 0.301 e. The summed E-state index contributed by atoms with van der Waals surface area (Å²) in [5.41, 5.74) is 2.47. The normalized spacial score (nSPS) is 16.5. The molecule has 0 aliphatic carbocycles.